The zero-order chi connectivity index (χ0) is 24.6. The number of quaternary nitrogens is 1. The van der Waals surface area contributed by atoms with Gasteiger partial charge >= 0.3 is 5.97 Å². The highest BCUT2D eigenvalue weighted by Crippen LogP contribution is 2.30. The second-order valence-corrected chi connectivity index (χ2v) is 9.46. The van der Waals surface area contributed by atoms with Crippen LogP contribution in [0.4, 0.5) is 5.69 Å². The number of piperidine rings is 1. The van der Waals surface area contributed by atoms with Crippen LogP contribution >= 0.6 is 0 Å². The van der Waals surface area contributed by atoms with E-state index in [4.69, 9.17) is 9.47 Å². The zero-order valence-corrected chi connectivity index (χ0v) is 21.1. The number of ether oxygens (including phenoxy) is 2. The Kier molecular flexibility index (Phi) is 9.11. The molecule has 1 unspecified atom stereocenters. The van der Waals surface area contributed by atoms with Gasteiger partial charge in [0.15, 0.2) is 12.6 Å². The van der Waals surface area contributed by atoms with Gasteiger partial charge in [-0.1, -0.05) is 37.3 Å². The van der Waals surface area contributed by atoms with Gasteiger partial charge in [0.25, 0.3) is 5.91 Å². The van der Waals surface area contributed by atoms with Crippen molar-refractivity contribution in [1.82, 2.24) is 0 Å². The maximum Gasteiger partial charge on any atom is 0.362 e. The Labute approximate surface area is 203 Å². The number of likely N-dealkylation sites (tertiary alicyclic amines) is 1. The normalized spacial score (nSPS) is 15.9. The lowest BCUT2D eigenvalue weighted by atomic mass is 9.98. The summed E-state index contributed by atoms with van der Waals surface area (Å²) in [5.74, 6) is 0.520. The van der Waals surface area contributed by atoms with Gasteiger partial charge in [0.2, 0.25) is 0 Å². The maximum atomic E-state index is 13.7. The number of hydrogen-bond acceptors (Lipinski definition) is 4. The summed E-state index contributed by atoms with van der Waals surface area (Å²) in [7, 11) is 1.64. The molecule has 6 heteroatoms. The van der Waals surface area contributed by atoms with Crippen molar-refractivity contribution in [2.45, 2.75) is 65.5 Å². The molecule has 184 valence electrons. The van der Waals surface area contributed by atoms with Crippen LogP contribution in [0.1, 0.15) is 55.7 Å². The topological polar surface area (TPSA) is 64.6 Å². The van der Waals surface area contributed by atoms with Crippen molar-refractivity contribution in [3.63, 3.8) is 0 Å². The van der Waals surface area contributed by atoms with Crippen molar-refractivity contribution < 1.29 is 23.5 Å². The summed E-state index contributed by atoms with van der Waals surface area (Å²) in [6.45, 7) is 8.18. The summed E-state index contributed by atoms with van der Waals surface area (Å²) in [4.78, 5) is 26.7. The van der Waals surface area contributed by atoms with Crippen molar-refractivity contribution in [1.29, 1.82) is 0 Å². The summed E-state index contributed by atoms with van der Waals surface area (Å²) < 4.78 is 11.5. The molecule has 3 rings (SSSR count). The average Bonchev–Trinajstić information content (AvgIpc) is 2.84. The fraction of sp³-hybridized carbons (Fsp3) is 0.500. The molecular weight excluding hydrogens is 428 g/mol. The van der Waals surface area contributed by atoms with Crippen LogP contribution in [-0.2, 0) is 20.9 Å². The Morgan fingerprint density at radius 2 is 1.68 bits per heavy atom. The van der Waals surface area contributed by atoms with E-state index in [0.717, 1.165) is 73.3 Å². The second kappa shape index (κ2) is 12.0. The SMILES string of the molecule is CCCC(C(=O)Nc1c(C)cc(OC)cc1C)[N+]1(CC(=O)OCc2ccccc2)CCCCC1. The van der Waals surface area contributed by atoms with Crippen LogP contribution in [0.25, 0.3) is 0 Å². The lowest BCUT2D eigenvalue weighted by Crippen LogP contribution is -2.64. The van der Waals surface area contributed by atoms with Crippen LogP contribution in [0, 0.1) is 13.8 Å². The van der Waals surface area contributed by atoms with E-state index in [1.54, 1.807) is 7.11 Å². The number of esters is 1. The van der Waals surface area contributed by atoms with E-state index in [-0.39, 0.29) is 31.1 Å². The van der Waals surface area contributed by atoms with E-state index < -0.39 is 0 Å². The molecule has 1 fully saturated rings. The summed E-state index contributed by atoms with van der Waals surface area (Å²) in [6, 6.07) is 13.3. The Bertz CT molecular complexity index is 945. The molecule has 0 aromatic heterocycles. The lowest BCUT2D eigenvalue weighted by Gasteiger charge is -2.45. The van der Waals surface area contributed by atoms with Crippen molar-refractivity contribution in [3.8, 4) is 5.75 Å². The summed E-state index contributed by atoms with van der Waals surface area (Å²) >= 11 is 0. The lowest BCUT2D eigenvalue weighted by molar-refractivity contribution is -0.940. The first-order valence-corrected chi connectivity index (χ1v) is 12.4. The molecule has 1 aliphatic heterocycles. The smallest absolute Gasteiger partial charge is 0.362 e. The van der Waals surface area contributed by atoms with E-state index in [0.29, 0.717) is 4.48 Å². The van der Waals surface area contributed by atoms with Crippen molar-refractivity contribution in [3.05, 3.63) is 59.2 Å². The predicted octanol–water partition coefficient (Wildman–Crippen LogP) is 5.16. The molecule has 1 amide bonds. The third-order valence-corrected chi connectivity index (χ3v) is 6.91. The molecule has 0 radical (unpaired) electrons. The number of nitrogens with one attached hydrogen (secondary N) is 1. The molecular formula is C28H39N2O4+. The second-order valence-electron chi connectivity index (χ2n) is 9.46. The Morgan fingerprint density at radius 1 is 1.03 bits per heavy atom. The number of carbonyl (C=O) groups excluding carboxylic acids is 2. The van der Waals surface area contributed by atoms with Gasteiger partial charge < -0.3 is 19.3 Å². The minimum Gasteiger partial charge on any atom is -0.497 e. The number of amides is 1. The highest BCUT2D eigenvalue weighted by molar-refractivity contribution is 5.95. The third-order valence-electron chi connectivity index (χ3n) is 6.91. The molecule has 0 aliphatic carbocycles. The minimum absolute atomic E-state index is 0.0176. The van der Waals surface area contributed by atoms with Crippen LogP contribution in [0.5, 0.6) is 5.75 Å². The van der Waals surface area contributed by atoms with Gasteiger partial charge in [-0.2, -0.15) is 0 Å². The third kappa shape index (κ3) is 6.38. The van der Waals surface area contributed by atoms with Gasteiger partial charge in [-0.05, 0) is 68.4 Å². The Morgan fingerprint density at radius 3 is 2.26 bits per heavy atom. The van der Waals surface area contributed by atoms with Crippen molar-refractivity contribution in [2.75, 3.05) is 32.1 Å². The molecule has 1 heterocycles. The van der Waals surface area contributed by atoms with Gasteiger partial charge in [0, 0.05) is 12.1 Å². The minimum atomic E-state index is -0.296. The summed E-state index contributed by atoms with van der Waals surface area (Å²) in [5, 5.41) is 3.21. The molecule has 0 bridgehead atoms. The first-order chi connectivity index (χ1) is 16.4. The first-order valence-electron chi connectivity index (χ1n) is 12.4. The number of anilines is 1. The van der Waals surface area contributed by atoms with Crippen LogP contribution in [0.3, 0.4) is 0 Å². The highest BCUT2D eigenvalue weighted by Gasteiger charge is 2.44. The zero-order valence-electron chi connectivity index (χ0n) is 21.1. The van der Waals surface area contributed by atoms with Gasteiger partial charge in [0.05, 0.1) is 20.2 Å². The average molecular weight is 468 g/mol. The Hall–Kier alpha value is -2.86. The van der Waals surface area contributed by atoms with E-state index >= 15 is 0 Å². The molecule has 34 heavy (non-hydrogen) atoms. The van der Waals surface area contributed by atoms with Crippen LogP contribution < -0.4 is 10.1 Å². The van der Waals surface area contributed by atoms with Gasteiger partial charge in [-0.25, -0.2) is 4.79 Å². The van der Waals surface area contributed by atoms with E-state index in [9.17, 15) is 9.59 Å². The largest absolute Gasteiger partial charge is 0.497 e. The Balaban J connectivity index is 1.80. The molecule has 1 atom stereocenters. The number of hydrogen-bond donors (Lipinski definition) is 1. The molecule has 6 nitrogen and oxygen atoms in total. The fourth-order valence-corrected chi connectivity index (χ4v) is 5.14. The molecule has 2 aromatic rings. The van der Waals surface area contributed by atoms with E-state index in [1.165, 1.54) is 0 Å². The fourth-order valence-electron chi connectivity index (χ4n) is 5.14. The van der Waals surface area contributed by atoms with Crippen molar-refractivity contribution in [2.24, 2.45) is 0 Å². The number of carbonyl (C=O) groups is 2. The summed E-state index contributed by atoms with van der Waals surface area (Å²) in [5.41, 5.74) is 3.73. The monoisotopic (exact) mass is 467 g/mol. The molecule has 1 saturated heterocycles. The van der Waals surface area contributed by atoms with Crippen molar-refractivity contribution >= 4 is 17.6 Å². The maximum absolute atomic E-state index is 13.7. The number of aryl methyl sites for hydroxylation is 2. The standard InChI is InChI=1S/C28H38N2O4/c1-5-12-25(28(32)29-27-21(2)17-24(33-4)18-22(27)3)30(15-10-7-11-16-30)19-26(31)34-20-23-13-8-6-9-14-23/h6,8-9,13-14,17-18,25H,5,7,10-12,15-16,19-20H2,1-4H3/p+1. The predicted molar refractivity (Wildman–Crippen MR) is 135 cm³/mol. The molecule has 0 saturated carbocycles. The van der Waals surface area contributed by atoms with Gasteiger partial charge in [0.1, 0.15) is 12.4 Å². The van der Waals surface area contributed by atoms with Crippen LogP contribution in [-0.4, -0.2) is 49.1 Å². The van der Waals surface area contributed by atoms with Gasteiger partial charge in [-0.3, -0.25) is 4.79 Å². The van der Waals surface area contributed by atoms with Crippen LogP contribution in [0.15, 0.2) is 42.5 Å². The first kappa shape index (κ1) is 25.8. The molecule has 1 N–H and O–H groups in total. The van der Waals surface area contributed by atoms with E-state index in [2.05, 4.69) is 12.2 Å². The summed E-state index contributed by atoms with van der Waals surface area (Å²) in [6.07, 6.45) is 4.76. The molecule has 0 spiro atoms. The quantitative estimate of drug-likeness (QED) is 0.387. The van der Waals surface area contributed by atoms with E-state index in [1.807, 2.05) is 56.3 Å². The number of nitrogens with zero attached hydrogens (tertiary/aromatic N) is 1. The number of rotatable bonds is 10. The molecule has 2 aromatic carbocycles. The number of benzene rings is 2. The molecule has 1 aliphatic rings. The highest BCUT2D eigenvalue weighted by atomic mass is 16.5. The van der Waals surface area contributed by atoms with Crippen LogP contribution in [0.2, 0.25) is 0 Å². The number of methoxy groups -OCH3 is 1. The van der Waals surface area contributed by atoms with Gasteiger partial charge in [-0.15, -0.1) is 0 Å².